The Morgan fingerprint density at radius 1 is 1.03 bits per heavy atom. The van der Waals surface area contributed by atoms with Crippen LogP contribution in [0, 0.1) is 10.1 Å². The molecule has 0 bridgehead atoms. The molecular formula is C24H22N4O9S. The molecule has 198 valence electrons. The number of carbonyl (C=O) groups excluding carboxylic acids is 2. The molecule has 1 N–H and O–H groups in total. The monoisotopic (exact) mass is 542 g/mol. The highest BCUT2D eigenvalue weighted by Crippen LogP contribution is 2.30. The predicted molar refractivity (Wildman–Crippen MR) is 136 cm³/mol. The number of nitrogens with one attached hydrogen (secondary N) is 1. The van der Waals surface area contributed by atoms with Crippen molar-refractivity contribution < 1.29 is 37.1 Å². The van der Waals surface area contributed by atoms with E-state index < -0.39 is 44.1 Å². The third-order valence-corrected chi connectivity index (χ3v) is 6.73. The van der Waals surface area contributed by atoms with Crippen LogP contribution in [0.1, 0.15) is 5.56 Å². The number of amides is 1. The molecule has 0 spiro atoms. The highest BCUT2D eigenvalue weighted by molar-refractivity contribution is 7.93. The molecule has 0 heterocycles. The summed E-state index contributed by atoms with van der Waals surface area (Å²) in [7, 11) is -2.00. The number of benzene rings is 3. The lowest BCUT2D eigenvalue weighted by atomic mass is 10.2. The predicted octanol–water partition coefficient (Wildman–Crippen LogP) is 3.09. The number of sulfonamides is 1. The number of nitro benzene ring substituents is 1. The van der Waals surface area contributed by atoms with Crippen molar-refractivity contribution in [3.05, 3.63) is 88.5 Å². The number of nitro groups is 1. The molecule has 0 aliphatic rings. The Bertz CT molecular complexity index is 1460. The first-order valence-electron chi connectivity index (χ1n) is 10.7. The maximum Gasteiger partial charge on any atom is 0.513 e. The molecule has 3 rings (SSSR count). The van der Waals surface area contributed by atoms with Crippen LogP contribution in [0.3, 0.4) is 0 Å². The molecule has 0 radical (unpaired) electrons. The average Bonchev–Trinajstić information content (AvgIpc) is 2.92. The van der Waals surface area contributed by atoms with Crippen LogP contribution in [0.4, 0.5) is 16.2 Å². The van der Waals surface area contributed by atoms with Crippen LogP contribution in [0.2, 0.25) is 0 Å². The zero-order valence-electron chi connectivity index (χ0n) is 20.1. The van der Waals surface area contributed by atoms with E-state index in [0.29, 0.717) is 5.56 Å². The summed E-state index contributed by atoms with van der Waals surface area (Å²) in [5.74, 6) is -0.527. The molecule has 0 aliphatic heterocycles. The van der Waals surface area contributed by atoms with Crippen LogP contribution in [0.5, 0.6) is 11.5 Å². The van der Waals surface area contributed by atoms with E-state index in [0.717, 1.165) is 23.5 Å². The summed E-state index contributed by atoms with van der Waals surface area (Å²) in [6, 6.07) is 17.0. The second-order valence-electron chi connectivity index (χ2n) is 7.33. The number of nitrogens with zero attached hydrogens (tertiary/aromatic N) is 3. The summed E-state index contributed by atoms with van der Waals surface area (Å²) >= 11 is 0. The van der Waals surface area contributed by atoms with Crippen molar-refractivity contribution in [2.24, 2.45) is 5.10 Å². The molecule has 0 aliphatic carbocycles. The van der Waals surface area contributed by atoms with E-state index in [9.17, 15) is 28.1 Å². The first kappa shape index (κ1) is 27.6. The smallest absolute Gasteiger partial charge is 0.493 e. The first-order valence-corrected chi connectivity index (χ1v) is 12.2. The topological polar surface area (TPSA) is 167 Å². The molecule has 0 fully saturated rings. The summed E-state index contributed by atoms with van der Waals surface area (Å²) < 4.78 is 42.2. The Morgan fingerprint density at radius 3 is 2.37 bits per heavy atom. The molecule has 14 heteroatoms. The second kappa shape index (κ2) is 12.3. The number of hydrogen-bond acceptors (Lipinski definition) is 10. The maximum atomic E-state index is 13.4. The van der Waals surface area contributed by atoms with Gasteiger partial charge in [0.2, 0.25) is 0 Å². The lowest BCUT2D eigenvalue weighted by molar-refractivity contribution is -0.387. The largest absolute Gasteiger partial charge is 0.513 e. The molecule has 0 atom stereocenters. The standard InChI is InChI=1S/C24H22N4O9S/c1-35-21-14-17(12-13-20(21)37-24(30)36-2)15-25-26-23(29)16-27(18-8-4-3-5-9-18)38(33,34)22-11-7-6-10-19(22)28(31)32/h3-15H,16H2,1-2H3,(H,26,29)/b25-15-. The van der Waals surface area contributed by atoms with Crippen LogP contribution in [0.25, 0.3) is 0 Å². The number of hydrogen-bond donors (Lipinski definition) is 1. The second-order valence-corrected chi connectivity index (χ2v) is 9.16. The quantitative estimate of drug-likeness (QED) is 0.133. The zero-order valence-corrected chi connectivity index (χ0v) is 21.0. The number of ether oxygens (including phenoxy) is 3. The van der Waals surface area contributed by atoms with Crippen molar-refractivity contribution in [2.75, 3.05) is 25.1 Å². The van der Waals surface area contributed by atoms with Gasteiger partial charge in [0.15, 0.2) is 16.4 Å². The van der Waals surface area contributed by atoms with Crippen molar-refractivity contribution in [2.45, 2.75) is 4.90 Å². The van der Waals surface area contributed by atoms with Gasteiger partial charge in [-0.2, -0.15) is 5.10 Å². The molecule has 0 unspecified atom stereocenters. The van der Waals surface area contributed by atoms with Crippen LogP contribution in [-0.2, 0) is 19.6 Å². The Hall–Kier alpha value is -4.98. The Kier molecular flexibility index (Phi) is 8.95. The van der Waals surface area contributed by atoms with E-state index in [1.54, 1.807) is 18.2 Å². The molecule has 3 aromatic rings. The Balaban J connectivity index is 1.82. The molecule has 0 saturated carbocycles. The van der Waals surface area contributed by atoms with Crippen molar-refractivity contribution in [1.82, 2.24) is 5.43 Å². The number of hydrazone groups is 1. The SMILES string of the molecule is COC(=O)Oc1ccc(/C=N\NC(=O)CN(c2ccccc2)S(=O)(=O)c2ccccc2[N+](=O)[O-])cc1OC. The number of para-hydroxylation sites is 2. The van der Waals surface area contributed by atoms with Gasteiger partial charge in [-0.05, 0) is 42.0 Å². The number of methoxy groups -OCH3 is 2. The summed E-state index contributed by atoms with van der Waals surface area (Å²) in [6.07, 6.45) is 0.321. The van der Waals surface area contributed by atoms with Gasteiger partial charge in [-0.25, -0.2) is 18.6 Å². The van der Waals surface area contributed by atoms with Gasteiger partial charge in [0.25, 0.3) is 21.6 Å². The maximum absolute atomic E-state index is 13.4. The Morgan fingerprint density at radius 2 is 1.71 bits per heavy atom. The fourth-order valence-electron chi connectivity index (χ4n) is 3.18. The minimum absolute atomic E-state index is 0.0965. The van der Waals surface area contributed by atoms with E-state index in [4.69, 9.17) is 9.47 Å². The number of rotatable bonds is 10. The highest BCUT2D eigenvalue weighted by atomic mass is 32.2. The molecule has 3 aromatic carbocycles. The van der Waals surface area contributed by atoms with Crippen molar-refractivity contribution >= 4 is 39.7 Å². The van der Waals surface area contributed by atoms with Crippen LogP contribution in [0.15, 0.2) is 82.8 Å². The van der Waals surface area contributed by atoms with E-state index in [1.807, 2.05) is 0 Å². The molecule has 0 saturated heterocycles. The van der Waals surface area contributed by atoms with E-state index in [1.165, 1.54) is 55.8 Å². The van der Waals surface area contributed by atoms with Crippen LogP contribution < -0.4 is 19.2 Å². The fraction of sp³-hybridized carbons (Fsp3) is 0.125. The molecular weight excluding hydrogens is 520 g/mol. The van der Waals surface area contributed by atoms with Gasteiger partial charge in [-0.3, -0.25) is 19.2 Å². The van der Waals surface area contributed by atoms with Gasteiger partial charge in [0.05, 0.1) is 31.0 Å². The lowest BCUT2D eigenvalue weighted by Gasteiger charge is -2.23. The summed E-state index contributed by atoms with van der Waals surface area (Å²) in [6.45, 7) is -0.717. The molecule has 13 nitrogen and oxygen atoms in total. The van der Waals surface area contributed by atoms with Crippen molar-refractivity contribution in [3.63, 3.8) is 0 Å². The minimum atomic E-state index is -4.52. The lowest BCUT2D eigenvalue weighted by Crippen LogP contribution is -2.39. The first-order chi connectivity index (χ1) is 18.2. The number of anilines is 1. The van der Waals surface area contributed by atoms with Gasteiger partial charge >= 0.3 is 6.16 Å². The summed E-state index contributed by atoms with van der Waals surface area (Å²) in [4.78, 5) is 34.1. The van der Waals surface area contributed by atoms with Gasteiger partial charge in [0.1, 0.15) is 6.54 Å². The fourth-order valence-corrected chi connectivity index (χ4v) is 4.76. The zero-order chi connectivity index (χ0) is 27.7. The third kappa shape index (κ3) is 6.61. The highest BCUT2D eigenvalue weighted by Gasteiger charge is 2.33. The van der Waals surface area contributed by atoms with Gasteiger partial charge in [0, 0.05) is 6.07 Å². The van der Waals surface area contributed by atoms with E-state index >= 15 is 0 Å². The van der Waals surface area contributed by atoms with Gasteiger partial charge < -0.3 is 14.2 Å². The summed E-state index contributed by atoms with van der Waals surface area (Å²) in [5, 5.41) is 15.3. The van der Waals surface area contributed by atoms with Gasteiger partial charge in [-0.1, -0.05) is 30.3 Å². The van der Waals surface area contributed by atoms with Crippen LogP contribution in [-0.4, -0.2) is 52.4 Å². The minimum Gasteiger partial charge on any atom is -0.493 e. The molecule has 38 heavy (non-hydrogen) atoms. The normalized spacial score (nSPS) is 11.0. The number of carbonyl (C=O) groups is 2. The van der Waals surface area contributed by atoms with E-state index in [-0.39, 0.29) is 17.2 Å². The summed E-state index contributed by atoms with van der Waals surface area (Å²) in [5.41, 5.74) is 2.18. The van der Waals surface area contributed by atoms with Crippen LogP contribution >= 0.6 is 0 Å². The third-order valence-electron chi connectivity index (χ3n) is 4.91. The Labute approximate surface area is 217 Å². The van der Waals surface area contributed by atoms with Crippen molar-refractivity contribution in [1.29, 1.82) is 0 Å². The van der Waals surface area contributed by atoms with E-state index in [2.05, 4.69) is 15.3 Å². The average molecular weight is 543 g/mol. The van der Waals surface area contributed by atoms with Gasteiger partial charge in [-0.15, -0.1) is 0 Å². The van der Waals surface area contributed by atoms with Crippen molar-refractivity contribution in [3.8, 4) is 11.5 Å². The molecule has 1 amide bonds. The molecule has 0 aromatic heterocycles.